The van der Waals surface area contributed by atoms with Gasteiger partial charge in [-0.25, -0.2) is 9.18 Å². The summed E-state index contributed by atoms with van der Waals surface area (Å²) in [7, 11) is 0. The van der Waals surface area contributed by atoms with E-state index in [9.17, 15) is 9.18 Å². The number of halogens is 3. The number of nitrogen functional groups attached to an aromatic ring is 1. The molecule has 0 saturated carbocycles. The van der Waals surface area contributed by atoms with Gasteiger partial charge in [-0.3, -0.25) is 0 Å². The van der Waals surface area contributed by atoms with Gasteiger partial charge in [-0.2, -0.15) is 0 Å². The molecule has 2 rings (SSSR count). The zero-order valence-corrected chi connectivity index (χ0v) is 12.3. The molecule has 0 heterocycles. The molecule has 104 valence electrons. The van der Waals surface area contributed by atoms with Crippen LogP contribution in [0.25, 0.3) is 0 Å². The highest BCUT2D eigenvalue weighted by molar-refractivity contribution is 9.10. The van der Waals surface area contributed by atoms with Gasteiger partial charge in [-0.05, 0) is 40.2 Å². The van der Waals surface area contributed by atoms with Gasteiger partial charge in [-0.1, -0.05) is 11.6 Å². The van der Waals surface area contributed by atoms with Gasteiger partial charge >= 0.3 is 5.97 Å². The van der Waals surface area contributed by atoms with Crippen molar-refractivity contribution in [3.05, 3.63) is 51.2 Å². The number of carboxylic acid groups (broad SMARTS) is 1. The average molecular weight is 360 g/mol. The first kappa shape index (κ1) is 14.6. The highest BCUT2D eigenvalue weighted by atomic mass is 79.9. The molecule has 2 aromatic rings. The second-order valence-electron chi connectivity index (χ2n) is 3.98. The third-order valence-electron chi connectivity index (χ3n) is 2.57. The summed E-state index contributed by atoms with van der Waals surface area (Å²) in [6.07, 6.45) is 0. The quantitative estimate of drug-likeness (QED) is 0.716. The van der Waals surface area contributed by atoms with E-state index < -0.39 is 17.3 Å². The van der Waals surface area contributed by atoms with Crippen LogP contribution in [-0.4, -0.2) is 11.1 Å². The van der Waals surface area contributed by atoms with Crippen LogP contribution in [0.3, 0.4) is 0 Å². The van der Waals surface area contributed by atoms with Gasteiger partial charge in [0.1, 0.15) is 5.82 Å². The van der Waals surface area contributed by atoms with Gasteiger partial charge in [0.2, 0.25) is 0 Å². The number of benzene rings is 2. The number of nitrogens with two attached hydrogens (primary N) is 1. The molecule has 0 atom stereocenters. The Morgan fingerprint density at radius 3 is 2.65 bits per heavy atom. The SMILES string of the molecule is Nc1cc(C(=O)O)c(F)cc1Nc1ccc(Br)c(Cl)c1. The summed E-state index contributed by atoms with van der Waals surface area (Å²) >= 11 is 9.20. The summed E-state index contributed by atoms with van der Waals surface area (Å²) in [6, 6.07) is 7.19. The van der Waals surface area contributed by atoms with Gasteiger partial charge in [0.15, 0.2) is 0 Å². The minimum Gasteiger partial charge on any atom is -0.478 e. The highest BCUT2D eigenvalue weighted by Gasteiger charge is 2.14. The number of anilines is 3. The first-order chi connectivity index (χ1) is 9.38. The Labute approximate surface area is 127 Å². The Balaban J connectivity index is 2.36. The molecule has 4 nitrogen and oxygen atoms in total. The Morgan fingerprint density at radius 1 is 1.35 bits per heavy atom. The Kier molecular flexibility index (Phi) is 4.15. The second kappa shape index (κ2) is 5.68. The largest absolute Gasteiger partial charge is 0.478 e. The maximum Gasteiger partial charge on any atom is 0.338 e. The molecule has 0 unspecified atom stereocenters. The Bertz CT molecular complexity index is 694. The van der Waals surface area contributed by atoms with Crippen molar-refractivity contribution in [2.24, 2.45) is 0 Å². The Morgan fingerprint density at radius 2 is 2.05 bits per heavy atom. The smallest absolute Gasteiger partial charge is 0.338 e. The first-order valence-corrected chi connectivity index (χ1v) is 6.60. The van der Waals surface area contributed by atoms with Gasteiger partial charge in [0, 0.05) is 16.2 Å². The molecule has 0 spiro atoms. The molecule has 0 saturated heterocycles. The molecule has 0 aromatic heterocycles. The maximum atomic E-state index is 13.6. The zero-order valence-electron chi connectivity index (χ0n) is 9.95. The molecule has 0 radical (unpaired) electrons. The summed E-state index contributed by atoms with van der Waals surface area (Å²) in [5.74, 6) is -2.23. The van der Waals surface area contributed by atoms with Crippen molar-refractivity contribution in [2.45, 2.75) is 0 Å². The number of nitrogens with one attached hydrogen (secondary N) is 1. The number of carbonyl (C=O) groups is 1. The van der Waals surface area contributed by atoms with Crippen LogP contribution in [0.4, 0.5) is 21.5 Å². The lowest BCUT2D eigenvalue weighted by molar-refractivity contribution is 0.0692. The van der Waals surface area contributed by atoms with E-state index in [0.717, 1.165) is 16.6 Å². The third-order valence-corrected chi connectivity index (χ3v) is 3.80. The van der Waals surface area contributed by atoms with Crippen LogP contribution in [0, 0.1) is 5.82 Å². The normalized spacial score (nSPS) is 10.3. The minimum absolute atomic E-state index is 0.128. The van der Waals surface area contributed by atoms with Crippen LogP contribution in [0.1, 0.15) is 10.4 Å². The van der Waals surface area contributed by atoms with E-state index in [4.69, 9.17) is 22.4 Å². The van der Waals surface area contributed by atoms with Crippen LogP contribution < -0.4 is 11.1 Å². The molecule has 0 bridgehead atoms. The first-order valence-electron chi connectivity index (χ1n) is 5.43. The lowest BCUT2D eigenvalue weighted by Crippen LogP contribution is -2.05. The molecule has 0 amide bonds. The second-order valence-corrected chi connectivity index (χ2v) is 5.24. The van der Waals surface area contributed by atoms with E-state index in [1.165, 1.54) is 0 Å². The van der Waals surface area contributed by atoms with Crippen molar-refractivity contribution in [1.29, 1.82) is 0 Å². The average Bonchev–Trinajstić information content (AvgIpc) is 2.37. The molecule has 20 heavy (non-hydrogen) atoms. The topological polar surface area (TPSA) is 75.4 Å². The third kappa shape index (κ3) is 3.02. The van der Waals surface area contributed by atoms with E-state index in [1.54, 1.807) is 18.2 Å². The molecular formula is C13H9BrClFN2O2. The summed E-state index contributed by atoms with van der Waals surface area (Å²) in [6.45, 7) is 0. The lowest BCUT2D eigenvalue weighted by Gasteiger charge is -2.11. The summed E-state index contributed by atoms with van der Waals surface area (Å²) in [5, 5.41) is 12.2. The molecule has 0 aliphatic heterocycles. The lowest BCUT2D eigenvalue weighted by atomic mass is 10.1. The predicted molar refractivity (Wildman–Crippen MR) is 80.2 cm³/mol. The van der Waals surface area contributed by atoms with Crippen LogP contribution in [0.15, 0.2) is 34.8 Å². The monoisotopic (exact) mass is 358 g/mol. The van der Waals surface area contributed by atoms with Crippen molar-refractivity contribution in [2.75, 3.05) is 11.1 Å². The van der Waals surface area contributed by atoms with Crippen molar-refractivity contribution in [3.63, 3.8) is 0 Å². The highest BCUT2D eigenvalue weighted by Crippen LogP contribution is 2.30. The summed E-state index contributed by atoms with van der Waals surface area (Å²) in [5.41, 5.74) is 6.24. The number of hydrogen-bond acceptors (Lipinski definition) is 3. The fourth-order valence-electron chi connectivity index (χ4n) is 1.59. The van der Waals surface area contributed by atoms with Crippen LogP contribution >= 0.6 is 27.5 Å². The molecule has 0 aliphatic rings. The van der Waals surface area contributed by atoms with E-state index in [1.807, 2.05) is 0 Å². The summed E-state index contributed by atoms with van der Waals surface area (Å²) < 4.78 is 14.3. The Hall–Kier alpha value is -1.79. The molecule has 0 fully saturated rings. The van der Waals surface area contributed by atoms with Gasteiger partial charge in [0.25, 0.3) is 0 Å². The fraction of sp³-hybridized carbons (Fsp3) is 0. The number of hydrogen-bond donors (Lipinski definition) is 3. The minimum atomic E-state index is -1.37. The van der Waals surface area contributed by atoms with Gasteiger partial charge in [0.05, 0.1) is 22.0 Å². The molecule has 0 aliphatic carbocycles. The van der Waals surface area contributed by atoms with Crippen LogP contribution in [0.2, 0.25) is 5.02 Å². The molecular weight excluding hydrogens is 351 g/mol. The van der Waals surface area contributed by atoms with Crippen molar-refractivity contribution >= 4 is 50.6 Å². The standard InChI is InChI=1S/C13H9BrClFN2O2/c14-8-2-1-6(3-9(8)15)18-12-5-10(16)7(13(19)20)4-11(12)17/h1-5,18H,17H2,(H,19,20). The van der Waals surface area contributed by atoms with Gasteiger partial charge < -0.3 is 16.2 Å². The maximum absolute atomic E-state index is 13.6. The van der Waals surface area contributed by atoms with E-state index in [2.05, 4.69) is 21.2 Å². The summed E-state index contributed by atoms with van der Waals surface area (Å²) in [4.78, 5) is 10.8. The van der Waals surface area contributed by atoms with E-state index in [0.29, 0.717) is 10.7 Å². The van der Waals surface area contributed by atoms with Crippen molar-refractivity contribution < 1.29 is 14.3 Å². The van der Waals surface area contributed by atoms with Crippen LogP contribution in [-0.2, 0) is 0 Å². The molecule has 2 aromatic carbocycles. The van der Waals surface area contributed by atoms with E-state index >= 15 is 0 Å². The fourth-order valence-corrected chi connectivity index (χ4v) is 2.02. The van der Waals surface area contributed by atoms with E-state index in [-0.39, 0.29) is 11.4 Å². The van der Waals surface area contributed by atoms with Crippen molar-refractivity contribution in [1.82, 2.24) is 0 Å². The van der Waals surface area contributed by atoms with Crippen LogP contribution in [0.5, 0.6) is 0 Å². The predicted octanol–water partition coefficient (Wildman–Crippen LogP) is 4.27. The molecule has 4 N–H and O–H groups in total. The molecule has 7 heteroatoms. The number of rotatable bonds is 3. The van der Waals surface area contributed by atoms with Crippen molar-refractivity contribution in [3.8, 4) is 0 Å². The zero-order chi connectivity index (χ0) is 14.9. The number of aromatic carboxylic acids is 1. The number of carboxylic acids is 1. The van der Waals surface area contributed by atoms with Gasteiger partial charge in [-0.15, -0.1) is 0 Å².